The van der Waals surface area contributed by atoms with E-state index in [0.29, 0.717) is 9.92 Å². The van der Waals surface area contributed by atoms with Gasteiger partial charge in [-0.2, -0.15) is 0 Å². The van der Waals surface area contributed by atoms with Gasteiger partial charge in [0.15, 0.2) is 6.10 Å². The Morgan fingerprint density at radius 3 is 2.21 bits per heavy atom. The zero-order chi connectivity index (χ0) is 21.3. The number of anilines is 1. The molecular formula is C18H12Cl3N3O5. The summed E-state index contributed by atoms with van der Waals surface area (Å²) in [7, 11) is 0. The molecular weight excluding hydrogens is 445 g/mol. The molecule has 0 radical (unpaired) electrons. The number of nitrogens with one attached hydrogen (secondary N) is 1. The summed E-state index contributed by atoms with van der Waals surface area (Å²) in [5, 5.41) is 3.06. The molecule has 8 nitrogen and oxygen atoms in total. The van der Waals surface area contributed by atoms with Crippen LogP contribution in [0.15, 0.2) is 30.5 Å². The minimum atomic E-state index is -1.20. The largest absolute Gasteiger partial charge is 0.451 e. The fourth-order valence-electron chi connectivity index (χ4n) is 2.52. The number of amides is 3. The van der Waals surface area contributed by atoms with Crippen molar-refractivity contribution in [1.29, 1.82) is 0 Å². The highest BCUT2D eigenvalue weighted by Gasteiger charge is 2.38. The number of halogens is 3. The van der Waals surface area contributed by atoms with Crippen molar-refractivity contribution in [2.75, 3.05) is 11.9 Å². The first-order valence-electron chi connectivity index (χ1n) is 8.14. The Kier molecular flexibility index (Phi) is 6.07. The maximum absolute atomic E-state index is 12.4. The summed E-state index contributed by atoms with van der Waals surface area (Å²) in [5.74, 6) is -2.78. The third-order valence-electron chi connectivity index (χ3n) is 3.95. The summed E-state index contributed by atoms with van der Waals surface area (Å²) >= 11 is 17.5. The van der Waals surface area contributed by atoms with Gasteiger partial charge in [0.05, 0.1) is 26.2 Å². The van der Waals surface area contributed by atoms with Gasteiger partial charge >= 0.3 is 5.97 Å². The molecule has 2 heterocycles. The second kappa shape index (κ2) is 8.36. The number of nitrogens with zero attached hydrogens (tertiary/aromatic N) is 2. The highest BCUT2D eigenvalue weighted by molar-refractivity contribution is 6.43. The van der Waals surface area contributed by atoms with Crippen molar-refractivity contribution in [1.82, 2.24) is 9.88 Å². The molecule has 0 saturated heterocycles. The smallest absolute Gasteiger partial charge is 0.326 e. The van der Waals surface area contributed by atoms with Gasteiger partial charge in [-0.15, -0.1) is 0 Å². The normalized spacial score (nSPS) is 13.9. The summed E-state index contributed by atoms with van der Waals surface area (Å²) in [6.07, 6.45) is 0.147. The summed E-state index contributed by atoms with van der Waals surface area (Å²) < 4.78 is 5.01. The third-order valence-corrected chi connectivity index (χ3v) is 4.90. The molecule has 0 fully saturated rings. The summed E-state index contributed by atoms with van der Waals surface area (Å²) in [6.45, 7) is 0.670. The van der Waals surface area contributed by atoms with E-state index in [4.69, 9.17) is 39.5 Å². The van der Waals surface area contributed by atoms with Gasteiger partial charge in [0, 0.05) is 6.20 Å². The second-order valence-electron chi connectivity index (χ2n) is 5.99. The van der Waals surface area contributed by atoms with Gasteiger partial charge < -0.3 is 10.1 Å². The van der Waals surface area contributed by atoms with Crippen LogP contribution in [0.3, 0.4) is 0 Å². The lowest BCUT2D eigenvalue weighted by Gasteiger charge is -2.16. The number of imide groups is 1. The summed E-state index contributed by atoms with van der Waals surface area (Å²) in [6, 6.07) is 5.53. The topological polar surface area (TPSA) is 106 Å². The van der Waals surface area contributed by atoms with E-state index in [1.54, 1.807) is 0 Å². The number of aromatic nitrogens is 1. The molecule has 0 bridgehead atoms. The number of hydrogen-bond donors (Lipinski definition) is 1. The Bertz CT molecular complexity index is 985. The van der Waals surface area contributed by atoms with E-state index >= 15 is 0 Å². The highest BCUT2D eigenvalue weighted by Crippen LogP contribution is 2.31. The quantitative estimate of drug-likeness (QED) is 0.547. The third kappa shape index (κ3) is 4.50. The molecule has 1 aromatic carbocycles. The van der Waals surface area contributed by atoms with E-state index in [9.17, 15) is 19.2 Å². The van der Waals surface area contributed by atoms with E-state index in [-0.39, 0.29) is 27.0 Å². The number of pyridine rings is 1. The number of ether oxygens (including phenoxy) is 1. The van der Waals surface area contributed by atoms with Crippen LogP contribution in [0.25, 0.3) is 0 Å². The maximum Gasteiger partial charge on any atom is 0.326 e. The lowest BCUT2D eigenvalue weighted by atomic mass is 10.1. The van der Waals surface area contributed by atoms with Crippen molar-refractivity contribution in [2.24, 2.45) is 0 Å². The Hall–Kier alpha value is -2.68. The summed E-state index contributed by atoms with van der Waals surface area (Å²) in [4.78, 5) is 53.6. The van der Waals surface area contributed by atoms with Gasteiger partial charge in [0.1, 0.15) is 12.4 Å². The van der Waals surface area contributed by atoms with Gasteiger partial charge in [-0.1, -0.05) is 34.8 Å². The average Bonchev–Trinajstić information content (AvgIpc) is 2.88. The number of carbonyl (C=O) groups excluding carboxylic acids is 4. The first-order chi connectivity index (χ1) is 13.7. The van der Waals surface area contributed by atoms with Crippen LogP contribution in [-0.4, -0.2) is 46.2 Å². The number of esters is 1. The second-order valence-corrected chi connectivity index (χ2v) is 7.24. The van der Waals surface area contributed by atoms with Crippen molar-refractivity contribution in [3.05, 3.63) is 56.7 Å². The van der Waals surface area contributed by atoms with Crippen molar-refractivity contribution in [3.63, 3.8) is 0 Å². The Labute approximate surface area is 179 Å². The predicted molar refractivity (Wildman–Crippen MR) is 105 cm³/mol. The first-order valence-corrected chi connectivity index (χ1v) is 9.28. The van der Waals surface area contributed by atoms with Crippen LogP contribution in [-0.2, 0) is 14.3 Å². The van der Waals surface area contributed by atoms with Crippen LogP contribution >= 0.6 is 34.8 Å². The number of rotatable bonds is 5. The molecule has 2 aromatic rings. The van der Waals surface area contributed by atoms with Crippen molar-refractivity contribution < 1.29 is 23.9 Å². The Morgan fingerprint density at radius 2 is 1.69 bits per heavy atom. The molecule has 29 heavy (non-hydrogen) atoms. The van der Waals surface area contributed by atoms with E-state index < -0.39 is 36.3 Å². The van der Waals surface area contributed by atoms with Crippen LogP contribution in [0.2, 0.25) is 15.1 Å². The SMILES string of the molecule is CC(OC(=O)CN1C(=O)c2cc(Cl)c(Cl)cc2C1=O)C(=O)Nc1ccc(Cl)cn1. The van der Waals surface area contributed by atoms with E-state index in [1.807, 2.05) is 0 Å². The molecule has 1 N–H and O–H groups in total. The van der Waals surface area contributed by atoms with Gasteiger partial charge in [0.2, 0.25) is 0 Å². The molecule has 1 aromatic heterocycles. The number of benzene rings is 1. The number of fused-ring (bicyclic) bond motifs is 1. The molecule has 0 spiro atoms. The lowest BCUT2D eigenvalue weighted by Crippen LogP contribution is -2.38. The van der Waals surface area contributed by atoms with Crippen LogP contribution < -0.4 is 5.32 Å². The molecule has 3 rings (SSSR count). The number of carbonyl (C=O) groups is 4. The molecule has 3 amide bonds. The highest BCUT2D eigenvalue weighted by atomic mass is 35.5. The molecule has 1 aliphatic heterocycles. The van der Waals surface area contributed by atoms with Gasteiger partial charge in [0.25, 0.3) is 17.7 Å². The number of hydrogen-bond acceptors (Lipinski definition) is 6. The van der Waals surface area contributed by atoms with Crippen LogP contribution in [0.5, 0.6) is 0 Å². The minimum absolute atomic E-state index is 0.0387. The molecule has 11 heteroatoms. The molecule has 0 saturated carbocycles. The molecule has 1 atom stereocenters. The van der Waals surface area contributed by atoms with E-state index in [2.05, 4.69) is 10.3 Å². The fourth-order valence-corrected chi connectivity index (χ4v) is 2.96. The first kappa shape index (κ1) is 21.0. The van der Waals surface area contributed by atoms with Crippen molar-refractivity contribution in [3.8, 4) is 0 Å². The van der Waals surface area contributed by atoms with Crippen LogP contribution in [0, 0.1) is 0 Å². The van der Waals surface area contributed by atoms with Crippen molar-refractivity contribution >= 4 is 64.3 Å². The Balaban J connectivity index is 1.61. The van der Waals surface area contributed by atoms with E-state index in [1.165, 1.54) is 37.4 Å². The van der Waals surface area contributed by atoms with Gasteiger partial charge in [-0.05, 0) is 31.2 Å². The molecule has 0 aliphatic carbocycles. The molecule has 1 aliphatic rings. The van der Waals surface area contributed by atoms with Gasteiger partial charge in [-0.3, -0.25) is 24.1 Å². The van der Waals surface area contributed by atoms with Crippen molar-refractivity contribution in [2.45, 2.75) is 13.0 Å². The summed E-state index contributed by atoms with van der Waals surface area (Å²) in [5.41, 5.74) is 0.0774. The van der Waals surface area contributed by atoms with E-state index in [0.717, 1.165) is 0 Å². The molecule has 1 unspecified atom stereocenters. The lowest BCUT2D eigenvalue weighted by molar-refractivity contribution is -0.153. The standard InChI is InChI=1S/C18H12Cl3N3O5/c1-8(16(26)23-14-3-2-9(19)6-22-14)29-15(25)7-24-17(27)10-4-12(20)13(21)5-11(10)18(24)28/h2-6,8H,7H2,1H3,(H,22,23,26). The zero-order valence-electron chi connectivity index (χ0n) is 14.7. The average molecular weight is 457 g/mol. The predicted octanol–water partition coefficient (Wildman–Crippen LogP) is 3.21. The molecule has 150 valence electrons. The Morgan fingerprint density at radius 1 is 1.10 bits per heavy atom. The zero-order valence-corrected chi connectivity index (χ0v) is 17.0. The van der Waals surface area contributed by atoms with Gasteiger partial charge in [-0.25, -0.2) is 4.98 Å². The van der Waals surface area contributed by atoms with Crippen LogP contribution in [0.4, 0.5) is 5.82 Å². The minimum Gasteiger partial charge on any atom is -0.451 e. The fraction of sp³-hybridized carbons (Fsp3) is 0.167. The van der Waals surface area contributed by atoms with Crippen LogP contribution in [0.1, 0.15) is 27.6 Å². The monoisotopic (exact) mass is 455 g/mol. The maximum atomic E-state index is 12.4.